The lowest BCUT2D eigenvalue weighted by molar-refractivity contribution is -0.384. The monoisotopic (exact) mass is 318 g/mol. The zero-order valence-corrected chi connectivity index (χ0v) is 13.4. The van der Waals surface area contributed by atoms with E-state index in [4.69, 9.17) is 4.74 Å². The molecule has 2 aliphatic rings. The first-order valence-electron chi connectivity index (χ1n) is 8.16. The lowest BCUT2D eigenvalue weighted by Crippen LogP contribution is -2.54. The molecule has 124 valence electrons. The number of esters is 1. The quantitative estimate of drug-likeness (QED) is 0.486. The topological polar surface area (TPSA) is 72.7 Å². The van der Waals surface area contributed by atoms with Crippen molar-refractivity contribution < 1.29 is 14.5 Å². The van der Waals surface area contributed by atoms with Gasteiger partial charge in [0.1, 0.15) is 5.60 Å². The number of benzene rings is 1. The molecule has 6 nitrogen and oxygen atoms in total. The second kappa shape index (κ2) is 6.28. The number of carbonyl (C=O) groups is 1. The van der Waals surface area contributed by atoms with Gasteiger partial charge in [-0.15, -0.1) is 0 Å². The van der Waals surface area contributed by atoms with Crippen LogP contribution in [0.25, 0.3) is 0 Å². The van der Waals surface area contributed by atoms with Crippen LogP contribution < -0.4 is 0 Å². The molecule has 1 heterocycles. The van der Waals surface area contributed by atoms with Gasteiger partial charge in [0.15, 0.2) is 0 Å². The van der Waals surface area contributed by atoms with E-state index in [0.29, 0.717) is 11.5 Å². The maximum absolute atomic E-state index is 12.5. The van der Waals surface area contributed by atoms with Gasteiger partial charge < -0.3 is 9.64 Å². The molecule has 1 aliphatic heterocycles. The van der Waals surface area contributed by atoms with Crippen molar-refractivity contribution in [1.82, 2.24) is 4.90 Å². The Morgan fingerprint density at radius 1 is 1.30 bits per heavy atom. The van der Waals surface area contributed by atoms with Gasteiger partial charge >= 0.3 is 5.97 Å². The van der Waals surface area contributed by atoms with Crippen LogP contribution in [0.5, 0.6) is 0 Å². The molecular formula is C17H22N2O4. The number of nitro benzene ring substituents is 1. The highest BCUT2D eigenvalue weighted by molar-refractivity contribution is 5.90. The Balaban J connectivity index is 1.76. The molecular weight excluding hydrogens is 296 g/mol. The van der Waals surface area contributed by atoms with E-state index in [2.05, 4.69) is 11.9 Å². The summed E-state index contributed by atoms with van der Waals surface area (Å²) in [5, 5.41) is 10.7. The van der Waals surface area contributed by atoms with Gasteiger partial charge in [-0.05, 0) is 38.4 Å². The molecule has 0 bridgehead atoms. The van der Waals surface area contributed by atoms with Crippen molar-refractivity contribution in [3.05, 3.63) is 39.9 Å². The highest BCUT2D eigenvalue weighted by atomic mass is 16.6. The van der Waals surface area contributed by atoms with Crippen molar-refractivity contribution >= 4 is 11.7 Å². The number of hydrogen-bond donors (Lipinski definition) is 0. The van der Waals surface area contributed by atoms with Crippen LogP contribution in [0.2, 0.25) is 0 Å². The van der Waals surface area contributed by atoms with E-state index in [1.807, 2.05) is 0 Å². The maximum Gasteiger partial charge on any atom is 0.338 e. The number of ether oxygens (including phenoxy) is 1. The van der Waals surface area contributed by atoms with Gasteiger partial charge in [0.05, 0.1) is 10.5 Å². The van der Waals surface area contributed by atoms with E-state index in [1.165, 1.54) is 30.7 Å². The van der Waals surface area contributed by atoms with E-state index < -0.39 is 4.92 Å². The van der Waals surface area contributed by atoms with E-state index in [0.717, 1.165) is 38.8 Å². The number of piperidine rings is 1. The molecule has 1 aliphatic carbocycles. The van der Waals surface area contributed by atoms with E-state index >= 15 is 0 Å². The van der Waals surface area contributed by atoms with Crippen LogP contribution in [0.4, 0.5) is 5.69 Å². The smallest absolute Gasteiger partial charge is 0.338 e. The average molecular weight is 318 g/mol. The molecule has 1 saturated carbocycles. The lowest BCUT2D eigenvalue weighted by Gasteiger charge is -2.49. The first kappa shape index (κ1) is 15.9. The molecule has 0 amide bonds. The molecule has 1 aromatic rings. The summed E-state index contributed by atoms with van der Waals surface area (Å²) in [6, 6.07) is 5.65. The molecule has 1 saturated heterocycles. The Bertz CT molecular complexity index is 601. The Labute approximate surface area is 135 Å². The van der Waals surface area contributed by atoms with Gasteiger partial charge in [-0.2, -0.15) is 0 Å². The standard InChI is InChI=1S/C17H22N2O4/c1-18-11-10-17(9-3-2-4-14(17)12-18)23-16(20)13-5-7-15(8-6-13)19(21)22/h5-8,14H,2-4,9-12H2,1H3/t14-,17-/m1/s1. The zero-order valence-electron chi connectivity index (χ0n) is 13.4. The summed E-state index contributed by atoms with van der Waals surface area (Å²) in [5.41, 5.74) is 0.00616. The summed E-state index contributed by atoms with van der Waals surface area (Å²) in [4.78, 5) is 25.1. The highest BCUT2D eigenvalue weighted by Crippen LogP contribution is 2.42. The molecule has 1 aromatic carbocycles. The number of hydrogen-bond acceptors (Lipinski definition) is 5. The van der Waals surface area contributed by atoms with Crippen molar-refractivity contribution in [3.63, 3.8) is 0 Å². The second-order valence-electron chi connectivity index (χ2n) is 6.71. The van der Waals surface area contributed by atoms with E-state index in [-0.39, 0.29) is 17.3 Å². The molecule has 0 radical (unpaired) electrons. The van der Waals surface area contributed by atoms with Gasteiger partial charge in [-0.1, -0.05) is 6.42 Å². The molecule has 23 heavy (non-hydrogen) atoms. The van der Waals surface area contributed by atoms with Crippen LogP contribution >= 0.6 is 0 Å². The fraction of sp³-hybridized carbons (Fsp3) is 0.588. The van der Waals surface area contributed by atoms with Crippen molar-refractivity contribution in [3.8, 4) is 0 Å². The normalized spacial score (nSPS) is 28.0. The van der Waals surface area contributed by atoms with Crippen LogP contribution in [0.1, 0.15) is 42.5 Å². The first-order valence-corrected chi connectivity index (χ1v) is 8.16. The molecule has 6 heteroatoms. The molecule has 0 N–H and O–H groups in total. The average Bonchev–Trinajstić information content (AvgIpc) is 2.55. The molecule has 2 fully saturated rings. The van der Waals surface area contributed by atoms with Crippen LogP contribution in [0.3, 0.4) is 0 Å². The Morgan fingerprint density at radius 2 is 2.04 bits per heavy atom. The van der Waals surface area contributed by atoms with Crippen molar-refractivity contribution in [2.45, 2.75) is 37.7 Å². The molecule has 0 unspecified atom stereocenters. The SMILES string of the molecule is CN1CC[C@]2(OC(=O)c3ccc([N+](=O)[O-])cc3)CCCC[C@@H]2C1. The molecule has 0 spiro atoms. The summed E-state index contributed by atoms with van der Waals surface area (Å²) in [6.07, 6.45) is 5.16. The van der Waals surface area contributed by atoms with Gasteiger partial charge in [0, 0.05) is 37.6 Å². The van der Waals surface area contributed by atoms with Gasteiger partial charge in [-0.3, -0.25) is 10.1 Å². The molecule has 3 rings (SSSR count). The number of nitro groups is 1. The number of rotatable bonds is 3. The van der Waals surface area contributed by atoms with Crippen LogP contribution in [-0.2, 0) is 4.74 Å². The minimum Gasteiger partial charge on any atom is -0.455 e. The minimum atomic E-state index is -0.470. The Morgan fingerprint density at radius 3 is 2.74 bits per heavy atom. The summed E-state index contributed by atoms with van der Waals surface area (Å²) in [7, 11) is 2.11. The summed E-state index contributed by atoms with van der Waals surface area (Å²) in [5.74, 6) is 0.0216. The Hall–Kier alpha value is -1.95. The fourth-order valence-corrected chi connectivity index (χ4v) is 3.86. The largest absolute Gasteiger partial charge is 0.455 e. The van der Waals surface area contributed by atoms with E-state index in [9.17, 15) is 14.9 Å². The van der Waals surface area contributed by atoms with Gasteiger partial charge in [-0.25, -0.2) is 4.79 Å². The number of fused-ring (bicyclic) bond motifs is 1. The van der Waals surface area contributed by atoms with E-state index in [1.54, 1.807) is 0 Å². The zero-order chi connectivity index (χ0) is 16.4. The number of non-ortho nitro benzene ring substituents is 1. The van der Waals surface area contributed by atoms with Crippen LogP contribution in [0, 0.1) is 16.0 Å². The predicted molar refractivity (Wildman–Crippen MR) is 85.3 cm³/mol. The van der Waals surface area contributed by atoms with Crippen molar-refractivity contribution in [1.29, 1.82) is 0 Å². The third-order valence-electron chi connectivity index (χ3n) is 5.21. The number of likely N-dealkylation sites (tertiary alicyclic amines) is 1. The minimum absolute atomic E-state index is 0.0189. The fourth-order valence-electron chi connectivity index (χ4n) is 3.86. The van der Waals surface area contributed by atoms with Crippen molar-refractivity contribution in [2.24, 2.45) is 5.92 Å². The molecule has 0 aromatic heterocycles. The number of nitrogens with zero attached hydrogens (tertiary/aromatic N) is 2. The third-order valence-corrected chi connectivity index (χ3v) is 5.21. The second-order valence-corrected chi connectivity index (χ2v) is 6.71. The molecule has 2 atom stereocenters. The summed E-state index contributed by atoms with van der Waals surface area (Å²) < 4.78 is 5.98. The maximum atomic E-state index is 12.5. The Kier molecular flexibility index (Phi) is 4.35. The summed E-state index contributed by atoms with van der Waals surface area (Å²) >= 11 is 0. The van der Waals surface area contributed by atoms with Gasteiger partial charge in [0.2, 0.25) is 0 Å². The van der Waals surface area contributed by atoms with Gasteiger partial charge in [0.25, 0.3) is 5.69 Å². The lowest BCUT2D eigenvalue weighted by atomic mass is 9.71. The summed E-state index contributed by atoms with van der Waals surface area (Å²) in [6.45, 7) is 1.90. The van der Waals surface area contributed by atoms with Crippen molar-refractivity contribution in [2.75, 3.05) is 20.1 Å². The van der Waals surface area contributed by atoms with Crippen LogP contribution in [0.15, 0.2) is 24.3 Å². The first-order chi connectivity index (χ1) is 11.0. The third kappa shape index (κ3) is 3.22. The highest BCUT2D eigenvalue weighted by Gasteiger charge is 2.46. The number of carbonyl (C=O) groups excluding carboxylic acids is 1. The van der Waals surface area contributed by atoms with Crippen LogP contribution in [-0.4, -0.2) is 41.5 Å². The predicted octanol–water partition coefficient (Wildman–Crippen LogP) is 3.02.